The fraction of sp³-hybridized carbons (Fsp3) is 0.226. The second kappa shape index (κ2) is 12.2. The normalized spacial score (nSPS) is 14.8. The molecule has 1 aromatic heterocycles. The summed E-state index contributed by atoms with van der Waals surface area (Å²) in [5.74, 6) is -0.644. The highest BCUT2D eigenvalue weighted by atomic mass is 35.5. The van der Waals surface area contributed by atoms with Gasteiger partial charge in [0.2, 0.25) is 0 Å². The number of hydrogen-bond acceptors (Lipinski definition) is 9. The third kappa shape index (κ3) is 5.43. The van der Waals surface area contributed by atoms with Crippen molar-refractivity contribution in [3.63, 3.8) is 0 Å². The van der Waals surface area contributed by atoms with Crippen LogP contribution in [0.5, 0.6) is 11.5 Å². The number of thiazole rings is 1. The van der Waals surface area contributed by atoms with E-state index in [9.17, 15) is 14.4 Å². The summed E-state index contributed by atoms with van der Waals surface area (Å²) in [6.07, 6.45) is 1.67. The van der Waals surface area contributed by atoms with Gasteiger partial charge in [0.15, 0.2) is 22.9 Å². The van der Waals surface area contributed by atoms with Crippen LogP contribution in [0.1, 0.15) is 31.0 Å². The van der Waals surface area contributed by atoms with E-state index < -0.39 is 18.0 Å². The first-order valence-electron chi connectivity index (χ1n) is 13.0. The molecule has 1 aliphatic rings. The van der Waals surface area contributed by atoms with E-state index in [1.54, 1.807) is 36.6 Å². The molecule has 0 aliphatic carbocycles. The highest BCUT2D eigenvalue weighted by molar-refractivity contribution is 7.07. The number of nitrogens with zero attached hydrogens (tertiary/aromatic N) is 2. The minimum Gasteiger partial charge on any atom is -0.493 e. The number of halogens is 1. The molecule has 1 atom stereocenters. The molecule has 0 fully saturated rings. The number of allylic oxidation sites excluding steroid dienone is 1. The van der Waals surface area contributed by atoms with Gasteiger partial charge in [-0.3, -0.25) is 9.36 Å². The van der Waals surface area contributed by atoms with Gasteiger partial charge in [-0.1, -0.05) is 65.4 Å². The number of carbonyl (C=O) groups excluding carboxylic acids is 2. The first-order chi connectivity index (χ1) is 20.3. The van der Waals surface area contributed by atoms with Gasteiger partial charge in [0.05, 0.1) is 47.7 Å². The van der Waals surface area contributed by atoms with Gasteiger partial charge in [-0.2, -0.15) is 0 Å². The summed E-state index contributed by atoms with van der Waals surface area (Å²) in [5, 5.41) is 2.08. The fourth-order valence-electron chi connectivity index (χ4n) is 4.88. The van der Waals surface area contributed by atoms with Crippen LogP contribution in [-0.2, 0) is 19.1 Å². The van der Waals surface area contributed by atoms with Crippen molar-refractivity contribution in [3.8, 4) is 11.5 Å². The first-order valence-corrected chi connectivity index (χ1v) is 14.2. The summed E-state index contributed by atoms with van der Waals surface area (Å²) in [4.78, 5) is 44.0. The van der Waals surface area contributed by atoms with Gasteiger partial charge in [-0.15, -0.1) is 0 Å². The third-order valence-electron chi connectivity index (χ3n) is 6.75. The number of carbonyl (C=O) groups is 2. The van der Waals surface area contributed by atoms with E-state index in [2.05, 4.69) is 9.73 Å². The van der Waals surface area contributed by atoms with E-state index in [0.29, 0.717) is 26.2 Å². The van der Waals surface area contributed by atoms with E-state index >= 15 is 0 Å². The average Bonchev–Trinajstić information content (AvgIpc) is 3.28. The molecule has 5 rings (SSSR count). The number of methoxy groups -OCH3 is 2. The van der Waals surface area contributed by atoms with Crippen molar-refractivity contribution in [1.82, 2.24) is 4.57 Å². The van der Waals surface area contributed by atoms with E-state index in [4.69, 9.17) is 25.8 Å². The predicted octanol–water partition coefficient (Wildman–Crippen LogP) is 4.17. The molecule has 0 unspecified atom stereocenters. The molecule has 9 nitrogen and oxygen atoms in total. The molecule has 0 amide bonds. The second-order valence-corrected chi connectivity index (χ2v) is 10.7. The average molecular weight is 607 g/mol. The molecule has 0 saturated heterocycles. The Kier molecular flexibility index (Phi) is 8.46. The zero-order valence-electron chi connectivity index (χ0n) is 23.3. The van der Waals surface area contributed by atoms with Crippen molar-refractivity contribution in [2.24, 2.45) is 4.99 Å². The highest BCUT2D eigenvalue weighted by Crippen LogP contribution is 2.37. The third-order valence-corrected chi connectivity index (χ3v) is 8.01. The van der Waals surface area contributed by atoms with Crippen molar-refractivity contribution in [2.45, 2.75) is 19.9 Å². The minimum absolute atomic E-state index is 0.175. The Bertz CT molecular complexity index is 1920. The predicted molar refractivity (Wildman–Crippen MR) is 160 cm³/mol. The van der Waals surface area contributed by atoms with Crippen molar-refractivity contribution in [1.29, 1.82) is 0 Å². The monoisotopic (exact) mass is 606 g/mol. The van der Waals surface area contributed by atoms with E-state index in [-0.39, 0.29) is 35.3 Å². The molecule has 4 aromatic rings. The van der Waals surface area contributed by atoms with E-state index in [1.807, 2.05) is 42.5 Å². The van der Waals surface area contributed by atoms with Gasteiger partial charge in [0, 0.05) is 0 Å². The van der Waals surface area contributed by atoms with E-state index in [1.165, 1.54) is 25.6 Å². The molecular weight excluding hydrogens is 580 g/mol. The molecule has 2 heterocycles. The molecule has 0 N–H and O–H groups in total. The molecular formula is C31H27ClN2O7S. The maximum Gasteiger partial charge on any atom is 0.343 e. The second-order valence-electron chi connectivity index (χ2n) is 9.27. The van der Waals surface area contributed by atoms with Crippen LogP contribution in [0.3, 0.4) is 0 Å². The number of ether oxygens (including phenoxy) is 4. The molecule has 0 saturated carbocycles. The lowest BCUT2D eigenvalue weighted by Crippen LogP contribution is -2.40. The Balaban J connectivity index is 1.68. The summed E-state index contributed by atoms with van der Waals surface area (Å²) in [5.41, 5.74) is 1.82. The Morgan fingerprint density at radius 2 is 1.88 bits per heavy atom. The summed E-state index contributed by atoms with van der Waals surface area (Å²) >= 11 is 7.67. The van der Waals surface area contributed by atoms with Gasteiger partial charge in [-0.25, -0.2) is 14.6 Å². The van der Waals surface area contributed by atoms with Crippen LogP contribution < -0.4 is 24.4 Å². The number of fused-ring (bicyclic) bond motifs is 2. The zero-order valence-corrected chi connectivity index (χ0v) is 24.9. The van der Waals surface area contributed by atoms with Gasteiger partial charge >= 0.3 is 11.9 Å². The van der Waals surface area contributed by atoms with Crippen LogP contribution in [0.15, 0.2) is 75.7 Å². The van der Waals surface area contributed by atoms with Crippen LogP contribution in [0, 0.1) is 0 Å². The van der Waals surface area contributed by atoms with Crippen LogP contribution >= 0.6 is 22.9 Å². The molecule has 3 aromatic carbocycles. The van der Waals surface area contributed by atoms with Crippen molar-refractivity contribution < 1.29 is 28.5 Å². The lowest BCUT2D eigenvalue weighted by Gasteiger charge is -2.25. The Morgan fingerprint density at radius 1 is 1.12 bits per heavy atom. The van der Waals surface area contributed by atoms with Crippen LogP contribution in [0.25, 0.3) is 16.8 Å². The highest BCUT2D eigenvalue weighted by Gasteiger charge is 2.34. The van der Waals surface area contributed by atoms with Crippen LogP contribution in [-0.4, -0.2) is 43.9 Å². The smallest absolute Gasteiger partial charge is 0.343 e. The summed E-state index contributed by atoms with van der Waals surface area (Å²) in [7, 11) is 2.70. The largest absolute Gasteiger partial charge is 0.493 e. The SMILES string of the molecule is CCOC(=O)C1=C(C)N=c2s/c(=C/c3cc(Cl)c(OCC(=O)OC)c(OC)c3)c(=O)n2[C@@H]1c1cccc2ccccc12. The topological polar surface area (TPSA) is 105 Å². The molecule has 0 bridgehead atoms. The van der Waals surface area contributed by atoms with Gasteiger partial charge in [0.1, 0.15) is 0 Å². The Hall–Kier alpha value is -4.41. The minimum atomic E-state index is -0.749. The lowest BCUT2D eigenvalue weighted by atomic mass is 9.91. The standard InChI is InChI=1S/C31H27ClN2O7S/c1-5-40-30(37)26-17(2)33-31-34(27(26)21-12-8-10-19-9-6-7-11-20(19)21)29(36)24(42-31)15-18-13-22(32)28(23(14-18)38-3)41-16-25(35)39-4/h6-15,27H,5,16H2,1-4H3/b24-15+/t27-/m1/s1. The number of esters is 2. The Labute approximate surface area is 249 Å². The molecule has 0 radical (unpaired) electrons. The van der Waals surface area contributed by atoms with Gasteiger partial charge < -0.3 is 18.9 Å². The van der Waals surface area contributed by atoms with Crippen LogP contribution in [0.2, 0.25) is 5.02 Å². The zero-order chi connectivity index (χ0) is 30.0. The molecule has 42 heavy (non-hydrogen) atoms. The maximum atomic E-state index is 14.1. The molecule has 216 valence electrons. The van der Waals surface area contributed by atoms with Gasteiger partial charge in [0.25, 0.3) is 5.56 Å². The first kappa shape index (κ1) is 29.1. The quantitative estimate of drug-likeness (QED) is 0.277. The van der Waals surface area contributed by atoms with Crippen LogP contribution in [0.4, 0.5) is 0 Å². The summed E-state index contributed by atoms with van der Waals surface area (Å²) in [6.45, 7) is 3.32. The molecule has 0 spiro atoms. The molecule has 1 aliphatic heterocycles. The van der Waals surface area contributed by atoms with Gasteiger partial charge in [-0.05, 0) is 54.0 Å². The van der Waals surface area contributed by atoms with Crippen molar-refractivity contribution in [3.05, 3.63) is 102 Å². The van der Waals surface area contributed by atoms with E-state index in [0.717, 1.165) is 16.3 Å². The Morgan fingerprint density at radius 3 is 2.62 bits per heavy atom. The number of hydrogen-bond donors (Lipinski definition) is 0. The lowest BCUT2D eigenvalue weighted by molar-refractivity contribution is -0.143. The summed E-state index contributed by atoms with van der Waals surface area (Å²) in [6, 6.07) is 16.1. The maximum absolute atomic E-state index is 14.1. The number of rotatable bonds is 8. The van der Waals surface area contributed by atoms with Crippen molar-refractivity contribution >= 4 is 51.7 Å². The number of aromatic nitrogens is 1. The molecule has 11 heteroatoms. The van der Waals surface area contributed by atoms with Crippen molar-refractivity contribution in [2.75, 3.05) is 27.4 Å². The number of benzene rings is 3. The summed E-state index contributed by atoms with van der Waals surface area (Å²) < 4.78 is 22.9. The fourth-order valence-corrected chi connectivity index (χ4v) is 6.20.